The lowest BCUT2D eigenvalue weighted by molar-refractivity contribution is -0.146. The van der Waals surface area contributed by atoms with E-state index in [1.165, 1.54) is 16.7 Å². The zero-order valence-electron chi connectivity index (χ0n) is 13.4. The molecule has 21 heavy (non-hydrogen) atoms. The molecule has 4 heteroatoms. The van der Waals surface area contributed by atoms with Crippen LogP contribution < -0.4 is 10.6 Å². The van der Waals surface area contributed by atoms with Gasteiger partial charge in [-0.05, 0) is 51.8 Å². The van der Waals surface area contributed by atoms with Crippen molar-refractivity contribution in [2.24, 2.45) is 11.7 Å². The van der Waals surface area contributed by atoms with E-state index in [1.807, 2.05) is 17.9 Å². The maximum Gasteiger partial charge on any atom is 0.316 e. The molecule has 2 N–H and O–H groups in total. The van der Waals surface area contributed by atoms with Crippen molar-refractivity contribution < 1.29 is 9.53 Å². The molecule has 0 saturated heterocycles. The van der Waals surface area contributed by atoms with Gasteiger partial charge in [-0.3, -0.25) is 4.79 Å². The van der Waals surface area contributed by atoms with Crippen molar-refractivity contribution in [3.05, 3.63) is 40.6 Å². The molecule has 1 aromatic rings. The Morgan fingerprint density at radius 1 is 1.24 bits per heavy atom. The van der Waals surface area contributed by atoms with Gasteiger partial charge in [0.15, 0.2) is 0 Å². The predicted octanol–water partition coefficient (Wildman–Crippen LogP) is 2.80. The van der Waals surface area contributed by atoms with Crippen LogP contribution in [-0.4, -0.2) is 18.7 Å². The van der Waals surface area contributed by atoms with E-state index in [1.54, 1.807) is 6.92 Å². The minimum atomic E-state index is -0.413. The van der Waals surface area contributed by atoms with E-state index in [4.69, 9.17) is 10.5 Å². The zero-order chi connectivity index (χ0) is 15.7. The number of hydrogen-bond acceptors (Lipinski definition) is 4. The number of nitrogens with two attached hydrogens (primary N) is 1. The summed E-state index contributed by atoms with van der Waals surface area (Å²) in [5.41, 5.74) is 12.0. The highest BCUT2D eigenvalue weighted by Crippen LogP contribution is 2.36. The van der Waals surface area contributed by atoms with Crippen LogP contribution >= 0.6 is 0 Å². The molecular formula is C17H24N2O2. The molecule has 0 aliphatic carbocycles. The summed E-state index contributed by atoms with van der Waals surface area (Å²) in [6, 6.07) is 4.28. The summed E-state index contributed by atoms with van der Waals surface area (Å²) in [4.78, 5) is 14.1. The summed E-state index contributed by atoms with van der Waals surface area (Å²) >= 11 is 0. The van der Waals surface area contributed by atoms with Gasteiger partial charge in [-0.1, -0.05) is 17.7 Å². The molecule has 1 aliphatic heterocycles. The highest BCUT2D eigenvalue weighted by molar-refractivity contribution is 5.79. The molecule has 0 fully saturated rings. The molecular weight excluding hydrogens is 264 g/mol. The summed E-state index contributed by atoms with van der Waals surface area (Å²) in [6.07, 6.45) is 1.49. The molecule has 2 atom stereocenters. The van der Waals surface area contributed by atoms with Crippen molar-refractivity contribution in [2.45, 2.75) is 40.8 Å². The Labute approximate surface area is 126 Å². The predicted molar refractivity (Wildman–Crippen MR) is 85.0 cm³/mol. The van der Waals surface area contributed by atoms with E-state index in [0.717, 1.165) is 11.4 Å². The van der Waals surface area contributed by atoms with E-state index in [9.17, 15) is 4.79 Å². The van der Waals surface area contributed by atoms with Crippen LogP contribution in [-0.2, 0) is 9.53 Å². The van der Waals surface area contributed by atoms with Crippen molar-refractivity contribution in [2.75, 3.05) is 11.5 Å². The van der Waals surface area contributed by atoms with Gasteiger partial charge in [0.1, 0.15) is 5.92 Å². The molecule has 114 valence electrons. The molecule has 0 amide bonds. The van der Waals surface area contributed by atoms with Crippen molar-refractivity contribution in [1.82, 2.24) is 0 Å². The van der Waals surface area contributed by atoms with Gasteiger partial charge in [0.2, 0.25) is 0 Å². The first-order valence-corrected chi connectivity index (χ1v) is 7.34. The minimum Gasteiger partial charge on any atom is -0.465 e. The average Bonchev–Trinajstić information content (AvgIpc) is 2.66. The number of hydrogen-bond donors (Lipinski definition) is 1. The number of benzene rings is 1. The monoisotopic (exact) mass is 288 g/mol. The SMILES string of the molecule is CCOC(=O)C1C=C(C)N(c2c(C)cc(C)cc2C)C1N. The molecule has 0 saturated carbocycles. The van der Waals surface area contributed by atoms with E-state index in [0.29, 0.717) is 6.61 Å². The summed E-state index contributed by atoms with van der Waals surface area (Å²) in [7, 11) is 0. The number of aryl methyl sites for hydroxylation is 3. The second-order valence-corrected chi connectivity index (χ2v) is 5.69. The largest absolute Gasteiger partial charge is 0.465 e. The fourth-order valence-corrected chi connectivity index (χ4v) is 3.16. The first kappa shape index (κ1) is 15.6. The number of ether oxygens (including phenoxy) is 1. The summed E-state index contributed by atoms with van der Waals surface area (Å²) in [5, 5.41) is 0. The third kappa shape index (κ3) is 2.81. The quantitative estimate of drug-likeness (QED) is 0.869. The number of allylic oxidation sites excluding steroid dienone is 1. The average molecular weight is 288 g/mol. The number of carbonyl (C=O) groups is 1. The van der Waals surface area contributed by atoms with Crippen LogP contribution in [0.5, 0.6) is 0 Å². The van der Waals surface area contributed by atoms with Gasteiger partial charge < -0.3 is 15.4 Å². The Bertz CT molecular complexity index is 569. The lowest BCUT2D eigenvalue weighted by Crippen LogP contribution is -2.44. The lowest BCUT2D eigenvalue weighted by atomic mass is 10.0. The third-order valence-corrected chi connectivity index (χ3v) is 3.90. The maximum atomic E-state index is 12.0. The van der Waals surface area contributed by atoms with Gasteiger partial charge in [-0.15, -0.1) is 0 Å². The number of anilines is 1. The van der Waals surface area contributed by atoms with E-state index in [2.05, 4.69) is 32.9 Å². The first-order valence-electron chi connectivity index (χ1n) is 7.34. The molecule has 4 nitrogen and oxygen atoms in total. The molecule has 1 aliphatic rings. The van der Waals surface area contributed by atoms with Crippen LogP contribution in [0.15, 0.2) is 23.9 Å². The van der Waals surface area contributed by atoms with Crippen molar-refractivity contribution in [1.29, 1.82) is 0 Å². The first-order chi connectivity index (χ1) is 9.86. The third-order valence-electron chi connectivity index (χ3n) is 3.90. The number of carbonyl (C=O) groups excluding carboxylic acids is 1. The highest BCUT2D eigenvalue weighted by Gasteiger charge is 2.37. The Hall–Kier alpha value is -1.81. The summed E-state index contributed by atoms with van der Waals surface area (Å²) in [6.45, 7) is 10.4. The van der Waals surface area contributed by atoms with E-state index < -0.39 is 12.1 Å². The summed E-state index contributed by atoms with van der Waals surface area (Å²) in [5.74, 6) is -0.667. The van der Waals surface area contributed by atoms with Gasteiger partial charge in [-0.25, -0.2) is 0 Å². The standard InChI is InChI=1S/C17H24N2O2/c1-6-21-17(20)14-9-13(5)19(16(14)18)15-11(3)7-10(2)8-12(15)4/h7-9,14,16H,6,18H2,1-5H3. The van der Waals surface area contributed by atoms with Gasteiger partial charge in [0.05, 0.1) is 12.8 Å². The molecule has 0 bridgehead atoms. The Kier molecular flexibility index (Phi) is 4.37. The van der Waals surface area contributed by atoms with E-state index in [-0.39, 0.29) is 5.97 Å². The maximum absolute atomic E-state index is 12.0. The van der Waals surface area contributed by atoms with Crippen LogP contribution in [0.1, 0.15) is 30.5 Å². The fourth-order valence-electron chi connectivity index (χ4n) is 3.16. The second-order valence-electron chi connectivity index (χ2n) is 5.69. The van der Waals surface area contributed by atoms with Gasteiger partial charge in [0.25, 0.3) is 0 Å². The number of nitrogens with zero attached hydrogens (tertiary/aromatic N) is 1. The Morgan fingerprint density at radius 3 is 2.33 bits per heavy atom. The van der Waals surface area contributed by atoms with Gasteiger partial charge in [-0.2, -0.15) is 0 Å². The van der Waals surface area contributed by atoms with Crippen LogP contribution in [0.25, 0.3) is 0 Å². The van der Waals surface area contributed by atoms with Crippen LogP contribution in [0, 0.1) is 26.7 Å². The minimum absolute atomic E-state index is 0.255. The highest BCUT2D eigenvalue weighted by atomic mass is 16.5. The number of rotatable bonds is 3. The van der Waals surface area contributed by atoms with Gasteiger partial charge >= 0.3 is 5.97 Å². The summed E-state index contributed by atoms with van der Waals surface area (Å²) < 4.78 is 5.12. The topological polar surface area (TPSA) is 55.6 Å². The fraction of sp³-hybridized carbons (Fsp3) is 0.471. The molecule has 0 radical (unpaired) electrons. The zero-order valence-corrected chi connectivity index (χ0v) is 13.4. The normalized spacial score (nSPS) is 21.4. The Morgan fingerprint density at radius 2 is 1.81 bits per heavy atom. The second kappa shape index (κ2) is 5.90. The Balaban J connectivity index is 2.39. The van der Waals surface area contributed by atoms with Gasteiger partial charge in [0, 0.05) is 11.4 Å². The molecule has 2 rings (SSSR count). The number of esters is 1. The molecule has 1 aromatic carbocycles. The van der Waals surface area contributed by atoms with Crippen molar-refractivity contribution in [3.8, 4) is 0 Å². The molecule has 1 heterocycles. The lowest BCUT2D eigenvalue weighted by Gasteiger charge is -2.31. The smallest absolute Gasteiger partial charge is 0.316 e. The van der Waals surface area contributed by atoms with E-state index >= 15 is 0 Å². The van der Waals surface area contributed by atoms with Crippen LogP contribution in [0.2, 0.25) is 0 Å². The molecule has 2 unspecified atom stereocenters. The molecule has 0 aromatic heterocycles. The van der Waals surface area contributed by atoms with Crippen molar-refractivity contribution >= 4 is 11.7 Å². The van der Waals surface area contributed by atoms with Crippen LogP contribution in [0.4, 0.5) is 5.69 Å². The molecule has 0 spiro atoms. The van der Waals surface area contributed by atoms with Crippen molar-refractivity contribution in [3.63, 3.8) is 0 Å². The van der Waals surface area contributed by atoms with Crippen LogP contribution in [0.3, 0.4) is 0 Å².